The molecular weight excluding hydrogens is 440 g/mol. The zero-order valence-corrected chi connectivity index (χ0v) is 19.3. The van der Waals surface area contributed by atoms with E-state index in [4.69, 9.17) is 9.40 Å². The number of halogens is 2. The Hall–Kier alpha value is -4.05. The average molecular weight is 462 g/mol. The second kappa shape index (κ2) is 7.22. The van der Waals surface area contributed by atoms with Gasteiger partial charge in [-0.05, 0) is 83.8 Å². The average Bonchev–Trinajstić information content (AvgIpc) is 3.24. The van der Waals surface area contributed by atoms with Gasteiger partial charge in [0.2, 0.25) is 5.71 Å². The van der Waals surface area contributed by atoms with Crippen molar-refractivity contribution >= 4 is 50.1 Å². The molecule has 0 saturated carbocycles. The Morgan fingerprint density at radius 1 is 0.943 bits per heavy atom. The molecule has 4 heteroatoms. The van der Waals surface area contributed by atoms with E-state index in [-0.39, 0.29) is 11.0 Å². The molecule has 0 spiro atoms. The van der Waals surface area contributed by atoms with Crippen molar-refractivity contribution in [2.45, 2.75) is 20.3 Å². The van der Waals surface area contributed by atoms with Crippen LogP contribution < -0.4 is 0 Å². The van der Waals surface area contributed by atoms with Gasteiger partial charge in [0.05, 0.1) is 5.69 Å². The van der Waals surface area contributed by atoms with Crippen molar-refractivity contribution in [1.82, 2.24) is 4.98 Å². The Balaban J connectivity index is 1.40. The first-order chi connectivity index (χ1) is 17.0. The summed E-state index contributed by atoms with van der Waals surface area (Å²) in [6.45, 7) is 4.29. The first-order valence-electron chi connectivity index (χ1n) is 11.8. The van der Waals surface area contributed by atoms with E-state index in [1.165, 1.54) is 40.0 Å². The van der Waals surface area contributed by atoms with Crippen LogP contribution in [-0.2, 0) is 0 Å². The number of nitrogens with zero attached hydrogens (tertiary/aromatic N) is 1. The molecule has 7 rings (SSSR count). The zero-order chi connectivity index (χ0) is 23.8. The van der Waals surface area contributed by atoms with E-state index in [0.29, 0.717) is 27.8 Å². The van der Waals surface area contributed by atoms with Crippen molar-refractivity contribution < 1.29 is 13.2 Å². The molecule has 0 bridgehead atoms. The van der Waals surface area contributed by atoms with Gasteiger partial charge in [0.15, 0.2) is 11.4 Å². The fourth-order valence-corrected chi connectivity index (χ4v) is 5.75. The lowest BCUT2D eigenvalue weighted by molar-refractivity contribution is 0.579. The molecule has 5 aromatic rings. The molecule has 35 heavy (non-hydrogen) atoms. The van der Waals surface area contributed by atoms with Gasteiger partial charge in [-0.25, -0.2) is 13.8 Å². The fourth-order valence-electron chi connectivity index (χ4n) is 5.75. The highest BCUT2D eigenvalue weighted by molar-refractivity contribution is 6.18. The number of hydrogen-bond donors (Lipinski definition) is 0. The topological polar surface area (TPSA) is 26.0 Å². The van der Waals surface area contributed by atoms with E-state index in [1.807, 2.05) is 12.1 Å². The summed E-state index contributed by atoms with van der Waals surface area (Å²) in [5, 5.41) is 2.09. The lowest BCUT2D eigenvalue weighted by Gasteiger charge is -2.28. The first-order valence-corrected chi connectivity index (χ1v) is 11.8. The van der Waals surface area contributed by atoms with Crippen LogP contribution in [0.1, 0.15) is 34.4 Å². The van der Waals surface area contributed by atoms with E-state index >= 15 is 0 Å². The third kappa shape index (κ3) is 2.96. The maximum Gasteiger partial charge on any atom is 0.228 e. The smallest absolute Gasteiger partial charge is 0.228 e. The quantitative estimate of drug-likeness (QED) is 0.250. The number of pyridine rings is 1. The molecule has 1 atom stereocenters. The SMILES string of the molecule is Cc1cc(C)c2c(c1)C=CC1CC=C(c3ccc4c(n3)oc3c(F)cc5c(F)cccc5c34)C=C21. The molecule has 170 valence electrons. The standard InChI is InChI=1S/C31H21F2NO/c1-16-12-17(2)28-20(13-16)9-7-18-6-8-19(14-23(18)28)27-11-10-22-29-21-4-3-5-25(32)24(21)15-26(33)30(29)35-31(22)34-27/h3-5,7-15,18H,6H2,1-2H3. The highest BCUT2D eigenvalue weighted by atomic mass is 19.1. The number of fused-ring (bicyclic) bond motifs is 8. The van der Waals surface area contributed by atoms with Crippen LogP contribution in [0.5, 0.6) is 0 Å². The maximum absolute atomic E-state index is 14.9. The number of furan rings is 1. The van der Waals surface area contributed by atoms with E-state index in [0.717, 1.165) is 17.7 Å². The van der Waals surface area contributed by atoms with Crippen LogP contribution in [-0.4, -0.2) is 4.98 Å². The van der Waals surface area contributed by atoms with Gasteiger partial charge < -0.3 is 4.42 Å². The van der Waals surface area contributed by atoms with Crippen molar-refractivity contribution in [1.29, 1.82) is 0 Å². The van der Waals surface area contributed by atoms with Crippen molar-refractivity contribution in [2.24, 2.45) is 5.92 Å². The van der Waals surface area contributed by atoms with Gasteiger partial charge in [-0.3, -0.25) is 0 Å². The van der Waals surface area contributed by atoms with E-state index in [2.05, 4.69) is 50.3 Å². The van der Waals surface area contributed by atoms with E-state index in [9.17, 15) is 8.78 Å². The van der Waals surface area contributed by atoms with Gasteiger partial charge in [0, 0.05) is 22.1 Å². The normalized spacial score (nSPS) is 17.0. The Bertz CT molecular complexity index is 1820. The van der Waals surface area contributed by atoms with E-state index in [1.54, 1.807) is 12.1 Å². The van der Waals surface area contributed by atoms with Gasteiger partial charge in [0.1, 0.15) is 5.82 Å². The lowest BCUT2D eigenvalue weighted by Crippen LogP contribution is -2.11. The second-order valence-corrected chi connectivity index (χ2v) is 9.56. The lowest BCUT2D eigenvalue weighted by atomic mass is 9.76. The third-order valence-corrected chi connectivity index (χ3v) is 7.27. The van der Waals surface area contributed by atoms with Gasteiger partial charge in [-0.2, -0.15) is 0 Å². The van der Waals surface area contributed by atoms with Crippen LogP contribution in [0.4, 0.5) is 8.78 Å². The number of benzene rings is 3. The molecule has 0 amide bonds. The van der Waals surface area contributed by atoms with Crippen LogP contribution in [0.15, 0.2) is 71.2 Å². The predicted molar refractivity (Wildman–Crippen MR) is 138 cm³/mol. The Morgan fingerprint density at radius 3 is 2.71 bits per heavy atom. The number of rotatable bonds is 1. The van der Waals surface area contributed by atoms with Gasteiger partial charge in [-0.1, -0.05) is 48.1 Å². The zero-order valence-electron chi connectivity index (χ0n) is 19.3. The Kier molecular flexibility index (Phi) is 4.20. The van der Waals surface area contributed by atoms with Crippen LogP contribution in [0, 0.1) is 31.4 Å². The van der Waals surface area contributed by atoms with Gasteiger partial charge in [0.25, 0.3) is 0 Å². The second-order valence-electron chi connectivity index (χ2n) is 9.56. The Morgan fingerprint density at radius 2 is 1.83 bits per heavy atom. The fraction of sp³-hybridized carbons (Fsp3) is 0.129. The largest absolute Gasteiger partial charge is 0.435 e. The minimum Gasteiger partial charge on any atom is -0.435 e. The highest BCUT2D eigenvalue weighted by Gasteiger charge is 2.25. The molecule has 2 aromatic heterocycles. The first kappa shape index (κ1) is 20.3. The summed E-state index contributed by atoms with van der Waals surface area (Å²) < 4.78 is 35.1. The monoisotopic (exact) mass is 461 g/mol. The molecular formula is C31H21F2NO. The number of aryl methyl sites for hydroxylation is 2. The number of aromatic nitrogens is 1. The van der Waals surface area contributed by atoms with Crippen molar-refractivity contribution in [2.75, 3.05) is 0 Å². The van der Waals surface area contributed by atoms with Crippen LogP contribution >= 0.6 is 0 Å². The summed E-state index contributed by atoms with van der Waals surface area (Å²) in [4.78, 5) is 4.78. The molecule has 0 N–H and O–H groups in total. The van der Waals surface area contributed by atoms with Gasteiger partial charge >= 0.3 is 0 Å². The molecule has 0 saturated heterocycles. The van der Waals surface area contributed by atoms with Crippen molar-refractivity contribution in [3.05, 3.63) is 106 Å². The van der Waals surface area contributed by atoms with Crippen molar-refractivity contribution in [3.8, 4) is 0 Å². The summed E-state index contributed by atoms with van der Waals surface area (Å²) in [6, 6.07) is 14.3. The maximum atomic E-state index is 14.9. The van der Waals surface area contributed by atoms with Crippen LogP contribution in [0.2, 0.25) is 0 Å². The molecule has 2 aliphatic rings. The summed E-state index contributed by atoms with van der Waals surface area (Å²) in [5.74, 6) is -0.698. The van der Waals surface area contributed by atoms with Gasteiger partial charge in [-0.15, -0.1) is 0 Å². The van der Waals surface area contributed by atoms with E-state index < -0.39 is 11.6 Å². The Labute approximate surface area is 200 Å². The number of allylic oxidation sites excluding steroid dienone is 5. The minimum atomic E-state index is -0.588. The summed E-state index contributed by atoms with van der Waals surface area (Å²) >= 11 is 0. The van der Waals surface area contributed by atoms with Crippen LogP contribution in [0.3, 0.4) is 0 Å². The molecule has 0 radical (unpaired) electrons. The summed E-state index contributed by atoms with van der Waals surface area (Å²) in [7, 11) is 0. The molecule has 2 nitrogen and oxygen atoms in total. The number of hydrogen-bond acceptors (Lipinski definition) is 2. The molecule has 1 unspecified atom stereocenters. The molecule has 0 fully saturated rings. The molecule has 2 heterocycles. The van der Waals surface area contributed by atoms with Crippen molar-refractivity contribution in [3.63, 3.8) is 0 Å². The third-order valence-electron chi connectivity index (χ3n) is 7.27. The minimum absolute atomic E-state index is 0.108. The predicted octanol–water partition coefficient (Wildman–Crippen LogP) is 8.54. The summed E-state index contributed by atoms with van der Waals surface area (Å²) in [6.07, 6.45) is 9.83. The summed E-state index contributed by atoms with van der Waals surface area (Å²) in [5.41, 5.74) is 8.65. The van der Waals surface area contributed by atoms with Crippen LogP contribution in [0.25, 0.3) is 50.1 Å². The molecule has 2 aliphatic carbocycles. The molecule has 0 aliphatic heterocycles. The molecule has 3 aromatic carbocycles. The highest BCUT2D eigenvalue weighted by Crippen LogP contribution is 2.43.